The van der Waals surface area contributed by atoms with Gasteiger partial charge in [0.1, 0.15) is 17.5 Å². The van der Waals surface area contributed by atoms with Gasteiger partial charge in [-0.2, -0.15) is 0 Å². The molecule has 0 saturated heterocycles. The second-order valence-electron chi connectivity index (χ2n) is 6.08. The van der Waals surface area contributed by atoms with Gasteiger partial charge in [0.05, 0.1) is 5.56 Å². The van der Waals surface area contributed by atoms with Crippen LogP contribution in [0.4, 0.5) is 28.7 Å². The number of aromatic carboxylic acids is 1. The minimum absolute atomic E-state index is 0.143. The number of amides is 1. The molecule has 0 aliphatic heterocycles. The van der Waals surface area contributed by atoms with E-state index < -0.39 is 5.97 Å². The largest absolute Gasteiger partial charge is 0.478 e. The summed E-state index contributed by atoms with van der Waals surface area (Å²) >= 11 is 0. The smallest absolute Gasteiger partial charge is 0.335 e. The highest BCUT2D eigenvalue weighted by molar-refractivity contribution is 5.89. The van der Waals surface area contributed by atoms with Crippen LogP contribution in [0.3, 0.4) is 0 Å². The van der Waals surface area contributed by atoms with Crippen molar-refractivity contribution in [2.75, 3.05) is 16.0 Å². The van der Waals surface area contributed by atoms with Crippen LogP contribution < -0.4 is 16.0 Å². The molecular weight excluding hydrogens is 358 g/mol. The van der Waals surface area contributed by atoms with E-state index in [4.69, 9.17) is 5.11 Å². The maximum Gasteiger partial charge on any atom is 0.335 e. The summed E-state index contributed by atoms with van der Waals surface area (Å²) in [5.41, 5.74) is 2.37. The predicted molar refractivity (Wildman–Crippen MR) is 107 cm³/mol. The van der Waals surface area contributed by atoms with Crippen LogP contribution in [0.1, 0.15) is 23.1 Å². The monoisotopic (exact) mass is 377 g/mol. The Morgan fingerprint density at radius 2 is 1.46 bits per heavy atom. The van der Waals surface area contributed by atoms with Gasteiger partial charge in [0.2, 0.25) is 5.91 Å². The van der Waals surface area contributed by atoms with Gasteiger partial charge >= 0.3 is 5.97 Å². The van der Waals surface area contributed by atoms with E-state index >= 15 is 0 Å². The molecule has 142 valence electrons. The lowest BCUT2D eigenvalue weighted by molar-refractivity contribution is -0.114. The second kappa shape index (κ2) is 8.17. The zero-order valence-corrected chi connectivity index (χ0v) is 15.4. The summed E-state index contributed by atoms with van der Waals surface area (Å²) < 4.78 is 0. The van der Waals surface area contributed by atoms with E-state index in [1.54, 1.807) is 37.3 Å². The first-order chi connectivity index (χ1) is 13.4. The molecule has 8 nitrogen and oxygen atoms in total. The van der Waals surface area contributed by atoms with E-state index in [0.29, 0.717) is 28.8 Å². The molecule has 0 saturated carbocycles. The Bertz CT molecular complexity index is 1020. The van der Waals surface area contributed by atoms with Crippen LogP contribution in [0.2, 0.25) is 0 Å². The Hall–Kier alpha value is -3.94. The minimum Gasteiger partial charge on any atom is -0.478 e. The number of carboxylic acids is 1. The fourth-order valence-electron chi connectivity index (χ4n) is 2.57. The number of carbonyl (C=O) groups excluding carboxylic acids is 1. The summed E-state index contributed by atoms with van der Waals surface area (Å²) in [7, 11) is 0. The molecule has 0 radical (unpaired) electrons. The number of aromatic nitrogens is 2. The summed E-state index contributed by atoms with van der Waals surface area (Å²) in [5, 5.41) is 18.0. The lowest BCUT2D eigenvalue weighted by Gasteiger charge is -2.11. The Balaban J connectivity index is 1.78. The SMILES string of the molecule is CC(=O)Nc1cccc(Nc2cc(Nc3ccc(C(=O)O)cc3)nc(C)n2)c1. The lowest BCUT2D eigenvalue weighted by Crippen LogP contribution is -2.06. The van der Waals surface area contributed by atoms with Crippen molar-refractivity contribution in [3.63, 3.8) is 0 Å². The highest BCUT2D eigenvalue weighted by Gasteiger charge is 2.06. The molecule has 2 aromatic carbocycles. The predicted octanol–water partition coefficient (Wildman–Crippen LogP) is 3.93. The molecule has 0 spiro atoms. The van der Waals surface area contributed by atoms with Gasteiger partial charge in [-0.15, -0.1) is 0 Å². The van der Waals surface area contributed by atoms with E-state index in [2.05, 4.69) is 25.9 Å². The maximum atomic E-state index is 11.2. The molecule has 1 aromatic heterocycles. The standard InChI is InChI=1S/C20H19N5O3/c1-12-21-18(24-15-8-6-14(7-9-15)20(27)28)11-19(22-12)25-17-5-3-4-16(10-17)23-13(2)26/h3-11H,1-2H3,(H,23,26)(H,27,28)(H2,21,22,24,25). The molecule has 1 amide bonds. The normalized spacial score (nSPS) is 10.2. The number of benzene rings is 2. The summed E-state index contributed by atoms with van der Waals surface area (Å²) in [4.78, 5) is 30.9. The lowest BCUT2D eigenvalue weighted by atomic mass is 10.2. The number of anilines is 5. The molecule has 0 bridgehead atoms. The summed E-state index contributed by atoms with van der Waals surface area (Å²) in [6.07, 6.45) is 0. The van der Waals surface area contributed by atoms with Gasteiger partial charge in [0.15, 0.2) is 0 Å². The van der Waals surface area contributed by atoms with Gasteiger partial charge in [-0.1, -0.05) is 6.07 Å². The molecule has 0 aliphatic carbocycles. The Kier molecular flexibility index (Phi) is 5.50. The van der Waals surface area contributed by atoms with Crippen LogP contribution in [0.15, 0.2) is 54.6 Å². The quantitative estimate of drug-likeness (QED) is 0.514. The summed E-state index contributed by atoms with van der Waals surface area (Å²) in [6.45, 7) is 3.23. The van der Waals surface area contributed by atoms with Crippen molar-refractivity contribution in [2.24, 2.45) is 0 Å². The van der Waals surface area contributed by atoms with Gasteiger partial charge in [-0.25, -0.2) is 14.8 Å². The molecule has 1 heterocycles. The van der Waals surface area contributed by atoms with E-state index in [1.807, 2.05) is 12.1 Å². The average Bonchev–Trinajstić information content (AvgIpc) is 2.61. The molecule has 4 N–H and O–H groups in total. The average molecular weight is 377 g/mol. The Morgan fingerprint density at radius 3 is 2.07 bits per heavy atom. The molecule has 3 aromatic rings. The fourth-order valence-corrected chi connectivity index (χ4v) is 2.57. The van der Waals surface area contributed by atoms with Crippen LogP contribution in [0.5, 0.6) is 0 Å². The van der Waals surface area contributed by atoms with Crippen molar-refractivity contribution < 1.29 is 14.7 Å². The van der Waals surface area contributed by atoms with Crippen LogP contribution in [0, 0.1) is 6.92 Å². The highest BCUT2D eigenvalue weighted by Crippen LogP contribution is 2.22. The molecule has 0 unspecified atom stereocenters. The number of aryl methyl sites for hydroxylation is 1. The first-order valence-corrected chi connectivity index (χ1v) is 8.50. The zero-order valence-electron chi connectivity index (χ0n) is 15.4. The van der Waals surface area contributed by atoms with Crippen molar-refractivity contribution in [1.82, 2.24) is 9.97 Å². The van der Waals surface area contributed by atoms with Gasteiger partial charge in [0.25, 0.3) is 0 Å². The number of nitrogens with zero attached hydrogens (tertiary/aromatic N) is 2. The van der Waals surface area contributed by atoms with Gasteiger partial charge in [-0.3, -0.25) is 4.79 Å². The van der Waals surface area contributed by atoms with E-state index in [9.17, 15) is 9.59 Å². The van der Waals surface area contributed by atoms with E-state index in [1.165, 1.54) is 19.1 Å². The molecule has 28 heavy (non-hydrogen) atoms. The molecule has 0 aliphatic rings. The third-order valence-electron chi connectivity index (χ3n) is 3.70. The van der Waals surface area contributed by atoms with Crippen molar-refractivity contribution in [3.05, 3.63) is 66.0 Å². The van der Waals surface area contributed by atoms with Gasteiger partial charge in [-0.05, 0) is 49.4 Å². The van der Waals surface area contributed by atoms with Crippen molar-refractivity contribution >= 4 is 40.6 Å². The Morgan fingerprint density at radius 1 is 0.857 bits per heavy atom. The number of hydrogen-bond donors (Lipinski definition) is 4. The number of hydrogen-bond acceptors (Lipinski definition) is 6. The number of rotatable bonds is 6. The molecule has 3 rings (SSSR count). The molecular formula is C20H19N5O3. The summed E-state index contributed by atoms with van der Waals surface area (Å²) in [5.74, 6) is 0.591. The molecule has 8 heteroatoms. The van der Waals surface area contributed by atoms with Crippen molar-refractivity contribution in [3.8, 4) is 0 Å². The molecule has 0 atom stereocenters. The van der Waals surface area contributed by atoms with E-state index in [-0.39, 0.29) is 11.5 Å². The third kappa shape index (κ3) is 5.04. The maximum absolute atomic E-state index is 11.2. The van der Waals surface area contributed by atoms with Crippen molar-refractivity contribution in [2.45, 2.75) is 13.8 Å². The van der Waals surface area contributed by atoms with Crippen LogP contribution in [-0.2, 0) is 4.79 Å². The first kappa shape index (κ1) is 18.8. The minimum atomic E-state index is -0.975. The summed E-state index contributed by atoms with van der Waals surface area (Å²) in [6, 6.07) is 15.4. The first-order valence-electron chi connectivity index (χ1n) is 8.50. The number of carboxylic acid groups (broad SMARTS) is 1. The van der Waals surface area contributed by atoms with Crippen LogP contribution in [-0.4, -0.2) is 27.0 Å². The van der Waals surface area contributed by atoms with Gasteiger partial charge in [0, 0.05) is 30.1 Å². The molecule has 0 fully saturated rings. The van der Waals surface area contributed by atoms with Crippen LogP contribution >= 0.6 is 0 Å². The van der Waals surface area contributed by atoms with E-state index in [0.717, 1.165) is 5.69 Å². The van der Waals surface area contributed by atoms with Gasteiger partial charge < -0.3 is 21.1 Å². The fraction of sp³-hybridized carbons (Fsp3) is 0.100. The number of carbonyl (C=O) groups is 2. The number of nitrogens with one attached hydrogen (secondary N) is 3. The zero-order chi connectivity index (χ0) is 20.1. The topological polar surface area (TPSA) is 116 Å². The van der Waals surface area contributed by atoms with Crippen LogP contribution in [0.25, 0.3) is 0 Å². The third-order valence-corrected chi connectivity index (χ3v) is 3.70. The Labute approximate surface area is 161 Å². The second-order valence-corrected chi connectivity index (χ2v) is 6.08. The highest BCUT2D eigenvalue weighted by atomic mass is 16.4. The van der Waals surface area contributed by atoms with Crippen molar-refractivity contribution in [1.29, 1.82) is 0 Å².